The van der Waals surface area contributed by atoms with E-state index in [0.29, 0.717) is 0 Å². The Morgan fingerprint density at radius 3 is 2.45 bits per heavy atom. The Balaban J connectivity index is 3.17. The molecule has 1 aromatic carbocycles. The van der Waals surface area contributed by atoms with Gasteiger partial charge in [-0.05, 0) is 12.1 Å². The van der Waals surface area contributed by atoms with Crippen LogP contribution in [0.1, 0.15) is 0 Å². The molecule has 5 heteroatoms. The normalized spacial score (nSPS) is 9.82. The van der Waals surface area contributed by atoms with Crippen LogP contribution in [-0.4, -0.2) is 0 Å². The lowest BCUT2D eigenvalue weighted by molar-refractivity contribution is 0.510. The second-order valence-electron chi connectivity index (χ2n) is 1.88. The highest BCUT2D eigenvalue weighted by Crippen LogP contribution is 2.20. The molecule has 0 atom stereocenters. The van der Waals surface area contributed by atoms with E-state index in [2.05, 4.69) is 16.1 Å². The van der Waals surface area contributed by atoms with Crippen molar-refractivity contribution in [2.45, 2.75) is 0 Å². The summed E-state index contributed by atoms with van der Waals surface area (Å²) in [6.07, 6.45) is 0. The molecular weight excluding hydrogens is 218 g/mol. The minimum absolute atomic E-state index is 0.0370. The van der Waals surface area contributed by atoms with E-state index in [-0.39, 0.29) is 5.69 Å². The predicted molar refractivity (Wildman–Crippen MR) is 42.0 cm³/mol. The zero-order valence-corrected chi connectivity index (χ0v) is 6.98. The van der Waals surface area contributed by atoms with Gasteiger partial charge in [0.25, 0.3) is 0 Å². The van der Waals surface area contributed by atoms with Gasteiger partial charge in [-0.3, -0.25) is 0 Å². The van der Waals surface area contributed by atoms with Crippen molar-refractivity contribution in [2.75, 3.05) is 4.03 Å². The van der Waals surface area contributed by atoms with E-state index in [1.807, 2.05) is 0 Å². The van der Waals surface area contributed by atoms with E-state index in [1.165, 1.54) is 12.1 Å². The van der Waals surface area contributed by atoms with Crippen LogP contribution in [0.5, 0.6) is 0 Å². The molecule has 0 fully saturated rings. The van der Waals surface area contributed by atoms with Crippen molar-refractivity contribution < 1.29 is 8.78 Å². The third-order valence-corrected chi connectivity index (χ3v) is 1.54. The Morgan fingerprint density at radius 2 is 2.00 bits per heavy atom. The van der Waals surface area contributed by atoms with Crippen molar-refractivity contribution in [3.05, 3.63) is 29.8 Å². The first-order valence-electron chi connectivity index (χ1n) is 2.77. The van der Waals surface area contributed by atoms with Gasteiger partial charge < -0.3 is 0 Å². The molecule has 0 unspecified atom stereocenters. The molecule has 0 amide bonds. The minimum Gasteiger partial charge on any atom is -0.242 e. The molecule has 0 aliphatic rings. The second kappa shape index (κ2) is 3.15. The third kappa shape index (κ3) is 1.66. The molecule has 11 heavy (non-hydrogen) atoms. The van der Waals surface area contributed by atoms with Gasteiger partial charge in [0.1, 0.15) is 5.69 Å². The summed E-state index contributed by atoms with van der Waals surface area (Å²) < 4.78 is 26.0. The van der Waals surface area contributed by atoms with Gasteiger partial charge in [0.05, 0.1) is 16.1 Å². The van der Waals surface area contributed by atoms with Crippen LogP contribution in [0.3, 0.4) is 0 Å². The van der Waals surface area contributed by atoms with E-state index < -0.39 is 11.6 Å². The zero-order valence-electron chi connectivity index (χ0n) is 5.39. The topological polar surface area (TPSA) is 29.3 Å². The molecule has 0 bridgehead atoms. The average Bonchev–Trinajstić information content (AvgIpc) is 1.94. The smallest absolute Gasteiger partial charge is 0.184 e. The number of hydrazine groups is 1. The van der Waals surface area contributed by atoms with Crippen molar-refractivity contribution in [1.29, 1.82) is 0 Å². The Labute approximate surface area is 70.9 Å². The van der Waals surface area contributed by atoms with E-state index in [4.69, 9.17) is 5.84 Å². The number of hydrogen-bond acceptors (Lipinski definition) is 2. The summed E-state index contributed by atoms with van der Waals surface area (Å²) in [6.45, 7) is 0. The largest absolute Gasteiger partial charge is 0.242 e. The van der Waals surface area contributed by atoms with Crippen LogP contribution in [0.4, 0.5) is 14.5 Å². The number of benzene rings is 1. The van der Waals surface area contributed by atoms with Gasteiger partial charge in [0, 0.05) is 0 Å². The molecule has 0 aromatic heterocycles. The van der Waals surface area contributed by atoms with Gasteiger partial charge in [-0.25, -0.2) is 18.7 Å². The molecule has 60 valence electrons. The number of hydrogen-bond donors (Lipinski definition) is 1. The maximum absolute atomic E-state index is 12.7. The first kappa shape index (κ1) is 8.42. The van der Waals surface area contributed by atoms with E-state index in [9.17, 15) is 8.78 Å². The monoisotopic (exact) mass is 222 g/mol. The first-order chi connectivity index (χ1) is 5.13. The van der Waals surface area contributed by atoms with Crippen molar-refractivity contribution >= 4 is 21.8 Å². The summed E-state index contributed by atoms with van der Waals surface area (Å²) in [5, 5.41) is 0. The van der Waals surface area contributed by atoms with Crippen molar-refractivity contribution in [2.24, 2.45) is 5.84 Å². The van der Waals surface area contributed by atoms with E-state index >= 15 is 0 Å². The van der Waals surface area contributed by atoms with Gasteiger partial charge in [-0.15, -0.1) is 0 Å². The Kier molecular flexibility index (Phi) is 2.41. The highest BCUT2D eigenvalue weighted by atomic mass is 79.9. The van der Waals surface area contributed by atoms with E-state index in [1.54, 1.807) is 0 Å². The lowest BCUT2D eigenvalue weighted by Gasteiger charge is -2.09. The lowest BCUT2D eigenvalue weighted by Crippen LogP contribution is -2.19. The number of nitrogens with zero attached hydrogens (tertiary/aromatic N) is 1. The molecule has 0 aliphatic carbocycles. The minimum atomic E-state index is -0.966. The van der Waals surface area contributed by atoms with Crippen LogP contribution < -0.4 is 9.88 Å². The fourth-order valence-corrected chi connectivity index (χ4v) is 0.931. The van der Waals surface area contributed by atoms with Crippen LogP contribution >= 0.6 is 16.1 Å². The SMILES string of the molecule is NN(Br)c1cccc(F)c1F. The zero-order chi connectivity index (χ0) is 8.43. The Bertz CT molecular complexity index is 265. The summed E-state index contributed by atoms with van der Waals surface area (Å²) in [4.78, 5) is 0. The number of rotatable bonds is 1. The van der Waals surface area contributed by atoms with Crippen LogP contribution in [0.15, 0.2) is 18.2 Å². The Morgan fingerprint density at radius 1 is 1.36 bits per heavy atom. The molecule has 1 rings (SSSR count). The summed E-state index contributed by atoms with van der Waals surface area (Å²) in [6, 6.07) is 3.75. The molecule has 0 radical (unpaired) electrons. The fraction of sp³-hybridized carbons (Fsp3) is 0. The Hall–Kier alpha value is -0.680. The molecule has 0 aliphatic heterocycles. The van der Waals surface area contributed by atoms with Crippen molar-refractivity contribution in [1.82, 2.24) is 0 Å². The van der Waals surface area contributed by atoms with Crippen LogP contribution in [0, 0.1) is 11.6 Å². The second-order valence-corrected chi connectivity index (χ2v) is 2.65. The molecule has 1 aromatic rings. The molecule has 0 saturated heterocycles. The summed E-state index contributed by atoms with van der Waals surface area (Å²) in [7, 11) is 0. The third-order valence-electron chi connectivity index (χ3n) is 1.16. The van der Waals surface area contributed by atoms with Gasteiger partial charge >= 0.3 is 0 Å². The molecule has 2 N–H and O–H groups in total. The maximum Gasteiger partial charge on any atom is 0.184 e. The summed E-state index contributed by atoms with van der Waals surface area (Å²) >= 11 is 2.77. The first-order valence-corrected chi connectivity index (χ1v) is 3.48. The molecule has 0 heterocycles. The highest BCUT2D eigenvalue weighted by molar-refractivity contribution is 9.10. The van der Waals surface area contributed by atoms with E-state index in [0.717, 1.165) is 10.1 Å². The molecular formula is C6H5BrF2N2. The average molecular weight is 223 g/mol. The predicted octanol–water partition coefficient (Wildman–Crippen LogP) is 1.95. The molecule has 0 saturated carbocycles. The van der Waals surface area contributed by atoms with Crippen LogP contribution in [0.25, 0.3) is 0 Å². The van der Waals surface area contributed by atoms with Gasteiger partial charge in [0.2, 0.25) is 0 Å². The van der Waals surface area contributed by atoms with Crippen LogP contribution in [0.2, 0.25) is 0 Å². The number of anilines is 1. The fourth-order valence-electron chi connectivity index (χ4n) is 0.657. The van der Waals surface area contributed by atoms with Gasteiger partial charge in [0.15, 0.2) is 11.6 Å². The van der Waals surface area contributed by atoms with Crippen LogP contribution in [-0.2, 0) is 0 Å². The molecule has 2 nitrogen and oxygen atoms in total. The highest BCUT2D eigenvalue weighted by Gasteiger charge is 2.09. The standard InChI is InChI=1S/C6H5BrF2N2/c7-11(10)5-3-1-2-4(8)6(5)9/h1-3H,10H2. The summed E-state index contributed by atoms with van der Waals surface area (Å²) in [5.74, 6) is 3.24. The quantitative estimate of drug-likeness (QED) is 0.448. The summed E-state index contributed by atoms with van der Waals surface area (Å²) in [5.41, 5.74) is -0.0370. The maximum atomic E-state index is 12.7. The van der Waals surface area contributed by atoms with Gasteiger partial charge in [-0.2, -0.15) is 0 Å². The molecule has 0 spiro atoms. The lowest BCUT2D eigenvalue weighted by atomic mass is 10.3. The number of halogens is 3. The van der Waals surface area contributed by atoms with Crippen molar-refractivity contribution in [3.8, 4) is 0 Å². The van der Waals surface area contributed by atoms with Gasteiger partial charge in [-0.1, -0.05) is 6.07 Å². The number of nitrogens with two attached hydrogens (primary N) is 1. The van der Waals surface area contributed by atoms with Crippen molar-refractivity contribution in [3.63, 3.8) is 0 Å².